The summed E-state index contributed by atoms with van der Waals surface area (Å²) < 4.78 is 16.2. The fourth-order valence-electron chi connectivity index (χ4n) is 3.50. The van der Waals surface area contributed by atoms with Crippen molar-refractivity contribution in [1.82, 2.24) is 0 Å². The van der Waals surface area contributed by atoms with Gasteiger partial charge in [-0.2, -0.15) is 0 Å². The lowest BCUT2D eigenvalue weighted by Crippen LogP contribution is -2.22. The monoisotopic (exact) mass is 376 g/mol. The maximum Gasteiger partial charge on any atom is 0.238 e. The Morgan fingerprint density at radius 1 is 0.964 bits per heavy atom. The Labute approximate surface area is 160 Å². The average molecular weight is 376 g/mol. The number of furan rings is 1. The number of rotatable bonds is 4. The van der Waals surface area contributed by atoms with Crippen LogP contribution in [-0.4, -0.2) is 31.6 Å². The van der Waals surface area contributed by atoms with Gasteiger partial charge in [0, 0.05) is 16.7 Å². The van der Waals surface area contributed by atoms with E-state index in [1.54, 1.807) is 37.3 Å². The molecular weight excluding hydrogens is 360 g/mol. The first kappa shape index (κ1) is 17.7. The quantitative estimate of drug-likeness (QED) is 0.508. The summed E-state index contributed by atoms with van der Waals surface area (Å²) in [5.41, 5.74) is 1.84. The number of ether oxygens (including phenoxy) is 2. The van der Waals surface area contributed by atoms with Crippen molar-refractivity contribution in [1.29, 1.82) is 0 Å². The molecular formula is C22H16O6. The second-order valence-corrected chi connectivity index (χ2v) is 6.42. The van der Waals surface area contributed by atoms with Gasteiger partial charge in [-0.3, -0.25) is 14.4 Å². The van der Waals surface area contributed by atoms with Crippen LogP contribution in [0.1, 0.15) is 42.2 Å². The molecule has 0 spiro atoms. The fraction of sp³-hybridized carbons (Fsp3) is 0.136. The van der Waals surface area contributed by atoms with Gasteiger partial charge in [0.15, 0.2) is 17.3 Å². The highest BCUT2D eigenvalue weighted by atomic mass is 16.5. The molecule has 1 heterocycles. The molecule has 0 radical (unpaired) electrons. The van der Waals surface area contributed by atoms with Gasteiger partial charge in [-0.05, 0) is 24.6 Å². The number of Topliss-reactive ketones (excluding diaryl/α,β-unsaturated/α-hetero) is 2. The van der Waals surface area contributed by atoms with Gasteiger partial charge >= 0.3 is 0 Å². The number of carbonyl (C=O) groups excluding carboxylic acids is 3. The number of carbonyl (C=O) groups is 3. The Morgan fingerprint density at radius 2 is 1.68 bits per heavy atom. The topological polar surface area (TPSA) is 82.8 Å². The van der Waals surface area contributed by atoms with Crippen molar-refractivity contribution in [3.63, 3.8) is 0 Å². The Morgan fingerprint density at radius 3 is 2.36 bits per heavy atom. The molecule has 0 saturated carbocycles. The molecule has 4 rings (SSSR count). The summed E-state index contributed by atoms with van der Waals surface area (Å²) in [5, 5.41) is 0. The third-order valence-electron chi connectivity index (χ3n) is 4.81. The lowest BCUT2D eigenvalue weighted by Gasteiger charge is -2.14. The second kappa shape index (κ2) is 6.49. The lowest BCUT2D eigenvalue weighted by atomic mass is 9.85. The van der Waals surface area contributed by atoms with Crippen LogP contribution >= 0.6 is 0 Å². The van der Waals surface area contributed by atoms with Crippen LogP contribution in [0.15, 0.2) is 47.1 Å². The fourth-order valence-corrected chi connectivity index (χ4v) is 3.50. The van der Waals surface area contributed by atoms with Crippen molar-refractivity contribution in [2.45, 2.75) is 6.92 Å². The van der Waals surface area contributed by atoms with E-state index in [1.165, 1.54) is 26.5 Å². The van der Waals surface area contributed by atoms with Crippen molar-refractivity contribution in [2.24, 2.45) is 0 Å². The van der Waals surface area contributed by atoms with Crippen LogP contribution in [0.4, 0.5) is 0 Å². The summed E-state index contributed by atoms with van der Waals surface area (Å²) in [7, 11) is 2.99. The number of fused-ring (bicyclic) bond motifs is 3. The SMILES string of the molecule is COc1cc(C(=O)c2coc3c2C(=O)C(=O)c2ccccc2-3)cc(C)c1OC. The summed E-state index contributed by atoms with van der Waals surface area (Å²) in [6.45, 7) is 1.79. The first-order chi connectivity index (χ1) is 13.5. The molecule has 1 aliphatic carbocycles. The molecule has 28 heavy (non-hydrogen) atoms. The third kappa shape index (κ3) is 2.45. The highest BCUT2D eigenvalue weighted by Crippen LogP contribution is 2.38. The van der Waals surface area contributed by atoms with Gasteiger partial charge in [0.1, 0.15) is 12.0 Å². The number of hydrogen-bond donors (Lipinski definition) is 0. The maximum atomic E-state index is 13.1. The molecule has 1 aliphatic rings. The Balaban J connectivity index is 1.87. The Kier molecular flexibility index (Phi) is 4.11. The molecule has 0 aliphatic heterocycles. The van der Waals surface area contributed by atoms with Crippen LogP contribution in [0.2, 0.25) is 0 Å². The van der Waals surface area contributed by atoms with Crippen LogP contribution < -0.4 is 9.47 Å². The van der Waals surface area contributed by atoms with E-state index in [1.807, 2.05) is 0 Å². The van der Waals surface area contributed by atoms with E-state index >= 15 is 0 Å². The van der Waals surface area contributed by atoms with Gasteiger partial charge < -0.3 is 13.9 Å². The Bertz CT molecular complexity index is 1150. The minimum absolute atomic E-state index is 0.00105. The average Bonchev–Trinajstić information content (AvgIpc) is 3.16. The summed E-state index contributed by atoms with van der Waals surface area (Å²) in [6.07, 6.45) is 1.23. The van der Waals surface area contributed by atoms with Gasteiger partial charge in [-0.25, -0.2) is 0 Å². The largest absolute Gasteiger partial charge is 0.493 e. The summed E-state index contributed by atoms with van der Waals surface area (Å²) in [5.74, 6) is -0.676. The number of hydrogen-bond acceptors (Lipinski definition) is 6. The minimum atomic E-state index is -0.747. The van der Waals surface area contributed by atoms with E-state index in [4.69, 9.17) is 13.9 Å². The van der Waals surface area contributed by atoms with Crippen LogP contribution in [0.5, 0.6) is 11.5 Å². The smallest absolute Gasteiger partial charge is 0.238 e. The molecule has 2 aromatic carbocycles. The summed E-state index contributed by atoms with van der Waals surface area (Å²) in [4.78, 5) is 38.3. The predicted molar refractivity (Wildman–Crippen MR) is 101 cm³/mol. The molecule has 0 unspecified atom stereocenters. The molecule has 0 bridgehead atoms. The first-order valence-corrected chi connectivity index (χ1v) is 8.55. The standard InChI is InChI=1S/C22H16O6/c1-11-8-12(9-16(26-2)21(11)27-3)18(23)15-10-28-22-14-7-5-4-6-13(14)19(24)20(25)17(15)22/h4-10H,1-3H3. The number of benzene rings is 2. The highest BCUT2D eigenvalue weighted by Gasteiger charge is 2.37. The van der Waals surface area contributed by atoms with Gasteiger partial charge in [0.05, 0.1) is 25.3 Å². The number of methoxy groups -OCH3 is 2. The van der Waals surface area contributed by atoms with Crippen molar-refractivity contribution < 1.29 is 28.3 Å². The van der Waals surface area contributed by atoms with Crippen molar-refractivity contribution in [3.8, 4) is 22.8 Å². The zero-order valence-corrected chi connectivity index (χ0v) is 15.5. The van der Waals surface area contributed by atoms with Crippen molar-refractivity contribution in [2.75, 3.05) is 14.2 Å². The molecule has 140 valence electrons. The zero-order valence-electron chi connectivity index (χ0n) is 15.5. The van der Waals surface area contributed by atoms with E-state index in [9.17, 15) is 14.4 Å². The molecule has 0 saturated heterocycles. The minimum Gasteiger partial charge on any atom is -0.493 e. The van der Waals surface area contributed by atoms with Crippen LogP contribution in [0, 0.1) is 6.92 Å². The van der Waals surface area contributed by atoms with Gasteiger partial charge in [0.25, 0.3) is 0 Å². The summed E-state index contributed by atoms with van der Waals surface area (Å²) >= 11 is 0. The molecule has 0 amide bonds. The van der Waals surface area contributed by atoms with Gasteiger partial charge in [0.2, 0.25) is 11.6 Å². The van der Waals surface area contributed by atoms with E-state index in [0.717, 1.165) is 0 Å². The molecule has 0 atom stereocenters. The lowest BCUT2D eigenvalue weighted by molar-refractivity contribution is 0.0813. The normalized spacial score (nSPS) is 12.4. The van der Waals surface area contributed by atoms with Crippen molar-refractivity contribution in [3.05, 3.63) is 70.5 Å². The first-order valence-electron chi connectivity index (χ1n) is 8.55. The Hall–Kier alpha value is -3.67. The van der Waals surface area contributed by atoms with E-state index < -0.39 is 17.3 Å². The summed E-state index contributed by atoms with van der Waals surface area (Å²) in [6, 6.07) is 9.86. The van der Waals surface area contributed by atoms with Gasteiger partial charge in [-0.15, -0.1) is 0 Å². The van der Waals surface area contributed by atoms with E-state index in [2.05, 4.69) is 0 Å². The van der Waals surface area contributed by atoms with E-state index in [0.29, 0.717) is 28.2 Å². The van der Waals surface area contributed by atoms with Crippen LogP contribution in [0.3, 0.4) is 0 Å². The highest BCUT2D eigenvalue weighted by molar-refractivity contribution is 6.53. The van der Waals surface area contributed by atoms with Crippen molar-refractivity contribution >= 4 is 17.3 Å². The number of ketones is 3. The second-order valence-electron chi connectivity index (χ2n) is 6.42. The molecule has 0 N–H and O–H groups in total. The van der Waals surface area contributed by atoms with Crippen LogP contribution in [-0.2, 0) is 0 Å². The van der Waals surface area contributed by atoms with Crippen LogP contribution in [0.25, 0.3) is 11.3 Å². The number of aryl methyl sites for hydroxylation is 1. The van der Waals surface area contributed by atoms with Gasteiger partial charge in [-0.1, -0.05) is 24.3 Å². The molecule has 1 aromatic heterocycles. The molecule has 6 heteroatoms. The molecule has 0 fully saturated rings. The third-order valence-corrected chi connectivity index (χ3v) is 4.81. The molecule has 6 nitrogen and oxygen atoms in total. The molecule has 3 aromatic rings. The predicted octanol–water partition coefficient (Wildman–Crippen LogP) is 3.88. The zero-order chi connectivity index (χ0) is 20.0. The van der Waals surface area contributed by atoms with E-state index in [-0.39, 0.29) is 22.5 Å². The maximum absolute atomic E-state index is 13.1.